The molecule has 1 aromatic carbocycles. The summed E-state index contributed by atoms with van der Waals surface area (Å²) in [6.07, 6.45) is 10.3. The van der Waals surface area contributed by atoms with E-state index < -0.39 is 0 Å². The highest BCUT2D eigenvalue weighted by atomic mass is 15.1. The smallest absolute Gasteiger partial charge is 0.103 e. The van der Waals surface area contributed by atoms with Crippen molar-refractivity contribution in [2.24, 2.45) is 4.99 Å². The second-order valence-corrected chi connectivity index (χ2v) is 5.98. The van der Waals surface area contributed by atoms with Crippen LogP contribution in [0.1, 0.15) is 57.4 Å². The predicted molar refractivity (Wildman–Crippen MR) is 94.1 cm³/mol. The summed E-state index contributed by atoms with van der Waals surface area (Å²) < 4.78 is 0. The van der Waals surface area contributed by atoms with Gasteiger partial charge in [0.2, 0.25) is 0 Å². The van der Waals surface area contributed by atoms with Gasteiger partial charge in [0.05, 0.1) is 0 Å². The summed E-state index contributed by atoms with van der Waals surface area (Å²) in [5.41, 5.74) is 1.34. The average molecular weight is 288 g/mol. The number of rotatable bonds is 10. The average Bonchev–Trinajstić information content (AvgIpc) is 2.49. The summed E-state index contributed by atoms with van der Waals surface area (Å²) in [4.78, 5) is 6.94. The van der Waals surface area contributed by atoms with Gasteiger partial charge in [0.25, 0.3) is 0 Å². The molecule has 0 atom stereocenters. The van der Waals surface area contributed by atoms with Crippen molar-refractivity contribution in [3.63, 3.8) is 0 Å². The Morgan fingerprint density at radius 1 is 0.905 bits per heavy atom. The van der Waals surface area contributed by atoms with E-state index in [1.165, 1.54) is 56.3 Å². The lowest BCUT2D eigenvalue weighted by Crippen LogP contribution is -2.24. The van der Waals surface area contributed by atoms with Crippen LogP contribution in [0.2, 0.25) is 0 Å². The van der Waals surface area contributed by atoms with Gasteiger partial charge in [-0.05, 0) is 12.0 Å². The van der Waals surface area contributed by atoms with E-state index in [1.807, 2.05) is 0 Å². The molecule has 0 N–H and O–H groups in total. The maximum atomic E-state index is 4.80. The molecular formula is C19H32N2. The highest BCUT2D eigenvalue weighted by Crippen LogP contribution is 2.08. The van der Waals surface area contributed by atoms with Crippen molar-refractivity contribution < 1.29 is 0 Å². The molecule has 0 fully saturated rings. The number of nitrogens with zero attached hydrogens (tertiary/aromatic N) is 2. The van der Waals surface area contributed by atoms with Crippen molar-refractivity contribution in [3.05, 3.63) is 35.9 Å². The second kappa shape index (κ2) is 11.4. The Labute approximate surface area is 131 Å². The van der Waals surface area contributed by atoms with Gasteiger partial charge in [0.1, 0.15) is 5.84 Å². The van der Waals surface area contributed by atoms with Gasteiger partial charge in [-0.2, -0.15) is 0 Å². The molecular weight excluding hydrogens is 256 g/mol. The third-order valence-electron chi connectivity index (χ3n) is 3.78. The minimum Gasteiger partial charge on any atom is -0.366 e. The maximum absolute atomic E-state index is 4.80. The van der Waals surface area contributed by atoms with Crippen molar-refractivity contribution in [2.45, 2.75) is 58.3 Å². The summed E-state index contributed by atoms with van der Waals surface area (Å²) in [7, 11) is 4.18. The largest absolute Gasteiger partial charge is 0.366 e. The van der Waals surface area contributed by atoms with Crippen LogP contribution >= 0.6 is 0 Å². The molecule has 0 saturated carbocycles. The van der Waals surface area contributed by atoms with Crippen molar-refractivity contribution in [1.29, 1.82) is 0 Å². The first kappa shape index (κ1) is 17.7. The summed E-state index contributed by atoms with van der Waals surface area (Å²) >= 11 is 0. The zero-order valence-corrected chi connectivity index (χ0v) is 14.1. The molecule has 0 unspecified atom stereocenters. The summed E-state index contributed by atoms with van der Waals surface area (Å²) in [6, 6.07) is 10.6. The lowest BCUT2D eigenvalue weighted by Gasteiger charge is -2.16. The first-order valence-electron chi connectivity index (χ1n) is 8.48. The number of amidine groups is 1. The van der Waals surface area contributed by atoms with Crippen LogP contribution in [0.15, 0.2) is 35.3 Å². The van der Waals surface area contributed by atoms with E-state index in [0.717, 1.165) is 13.0 Å². The van der Waals surface area contributed by atoms with Gasteiger partial charge in [-0.25, -0.2) is 0 Å². The van der Waals surface area contributed by atoms with Crippen LogP contribution in [0, 0.1) is 0 Å². The molecule has 0 heterocycles. The van der Waals surface area contributed by atoms with E-state index in [1.54, 1.807) is 0 Å². The summed E-state index contributed by atoms with van der Waals surface area (Å²) in [5, 5.41) is 0. The maximum Gasteiger partial charge on any atom is 0.103 e. The molecule has 2 nitrogen and oxygen atoms in total. The van der Waals surface area contributed by atoms with Crippen LogP contribution < -0.4 is 0 Å². The lowest BCUT2D eigenvalue weighted by molar-refractivity contribution is 0.582. The first-order valence-corrected chi connectivity index (χ1v) is 8.48. The number of unbranched alkanes of at least 4 members (excludes halogenated alkanes) is 6. The molecule has 0 saturated heterocycles. The Balaban J connectivity index is 2.26. The Hall–Kier alpha value is -1.31. The molecule has 1 rings (SSSR count). The van der Waals surface area contributed by atoms with Gasteiger partial charge in [-0.3, -0.25) is 4.99 Å². The van der Waals surface area contributed by atoms with Crippen LogP contribution in [0.25, 0.3) is 0 Å². The van der Waals surface area contributed by atoms with E-state index in [9.17, 15) is 0 Å². The van der Waals surface area contributed by atoms with Gasteiger partial charge >= 0.3 is 0 Å². The zero-order valence-electron chi connectivity index (χ0n) is 14.1. The van der Waals surface area contributed by atoms with Gasteiger partial charge < -0.3 is 4.90 Å². The van der Waals surface area contributed by atoms with E-state index in [4.69, 9.17) is 4.99 Å². The normalized spacial score (nSPS) is 11.7. The number of benzene rings is 1. The van der Waals surface area contributed by atoms with E-state index in [-0.39, 0.29) is 0 Å². The molecule has 0 aromatic heterocycles. The monoisotopic (exact) mass is 288 g/mol. The first-order chi connectivity index (χ1) is 10.2. The molecule has 0 aliphatic rings. The standard InChI is InChI=1S/C19H32N2/c1-4-5-6-7-8-9-13-16-20-19(21(2)3)17-18-14-11-10-12-15-18/h10-12,14-15H,4-9,13,16-17H2,1-3H3. The van der Waals surface area contributed by atoms with Crippen molar-refractivity contribution in [2.75, 3.05) is 20.6 Å². The van der Waals surface area contributed by atoms with Crippen LogP contribution in [0.5, 0.6) is 0 Å². The van der Waals surface area contributed by atoms with Crippen LogP contribution in [0.3, 0.4) is 0 Å². The molecule has 0 radical (unpaired) electrons. The third-order valence-corrected chi connectivity index (χ3v) is 3.78. The van der Waals surface area contributed by atoms with Gasteiger partial charge in [-0.15, -0.1) is 0 Å². The van der Waals surface area contributed by atoms with E-state index >= 15 is 0 Å². The molecule has 1 aromatic rings. The molecule has 0 amide bonds. The van der Waals surface area contributed by atoms with Gasteiger partial charge in [0.15, 0.2) is 0 Å². The predicted octanol–water partition coefficient (Wildman–Crippen LogP) is 4.94. The molecule has 118 valence electrons. The number of likely N-dealkylation sites (N-methyl/N-ethyl adjacent to an activating group) is 1. The fraction of sp³-hybridized carbons (Fsp3) is 0.632. The zero-order chi connectivity index (χ0) is 15.3. The number of hydrogen-bond donors (Lipinski definition) is 0. The topological polar surface area (TPSA) is 15.6 Å². The highest BCUT2D eigenvalue weighted by Gasteiger charge is 2.03. The number of aliphatic imine (C=N–C) groups is 1. The Morgan fingerprint density at radius 3 is 2.14 bits per heavy atom. The van der Waals surface area contributed by atoms with Crippen molar-refractivity contribution in [1.82, 2.24) is 4.90 Å². The molecule has 2 heteroatoms. The quantitative estimate of drug-likeness (QED) is 0.338. The van der Waals surface area contributed by atoms with Crippen molar-refractivity contribution >= 4 is 5.84 Å². The van der Waals surface area contributed by atoms with E-state index in [0.29, 0.717) is 0 Å². The summed E-state index contributed by atoms with van der Waals surface area (Å²) in [5.74, 6) is 1.19. The Kier molecular flexibility index (Phi) is 9.60. The van der Waals surface area contributed by atoms with Crippen molar-refractivity contribution in [3.8, 4) is 0 Å². The van der Waals surface area contributed by atoms with Gasteiger partial charge in [0, 0.05) is 27.1 Å². The summed E-state index contributed by atoms with van der Waals surface area (Å²) in [6.45, 7) is 3.23. The van der Waals surface area contributed by atoms with Gasteiger partial charge in [-0.1, -0.05) is 75.8 Å². The second-order valence-electron chi connectivity index (χ2n) is 5.98. The number of hydrogen-bond acceptors (Lipinski definition) is 1. The SMILES string of the molecule is CCCCCCCCCN=C(Cc1ccccc1)N(C)C. The Bertz CT molecular complexity index is 382. The minimum atomic E-state index is 0.935. The molecule has 0 aliphatic heterocycles. The van der Waals surface area contributed by atoms with Crippen LogP contribution in [-0.2, 0) is 6.42 Å². The third kappa shape index (κ3) is 8.54. The van der Waals surface area contributed by atoms with E-state index in [2.05, 4.69) is 56.3 Å². The minimum absolute atomic E-state index is 0.935. The Morgan fingerprint density at radius 2 is 1.52 bits per heavy atom. The fourth-order valence-corrected chi connectivity index (χ4v) is 2.41. The molecule has 0 bridgehead atoms. The van der Waals surface area contributed by atoms with Crippen LogP contribution in [0.4, 0.5) is 0 Å². The molecule has 0 aliphatic carbocycles. The fourth-order valence-electron chi connectivity index (χ4n) is 2.41. The molecule has 0 spiro atoms. The molecule has 21 heavy (non-hydrogen) atoms. The lowest BCUT2D eigenvalue weighted by atomic mass is 10.1. The highest BCUT2D eigenvalue weighted by molar-refractivity contribution is 5.84. The van der Waals surface area contributed by atoms with Crippen LogP contribution in [-0.4, -0.2) is 31.4 Å².